The minimum Gasteiger partial charge on any atom is -0.396 e. The van der Waals surface area contributed by atoms with Crippen LogP contribution in [-0.4, -0.2) is 24.8 Å². The largest absolute Gasteiger partial charge is 0.396 e. The molecule has 0 bridgehead atoms. The van der Waals surface area contributed by atoms with E-state index >= 15 is 0 Å². The van der Waals surface area contributed by atoms with E-state index in [0.717, 1.165) is 13.1 Å². The highest BCUT2D eigenvalue weighted by molar-refractivity contribution is 5.47. The Bertz CT molecular complexity index is 277. The molecule has 0 fully saturated rings. The topological polar surface area (TPSA) is 23.5 Å². The average Bonchev–Trinajstić information content (AvgIpc) is 2.30. The maximum atomic E-state index is 9.05. The summed E-state index contributed by atoms with van der Waals surface area (Å²) >= 11 is 0. The lowest BCUT2D eigenvalue weighted by Gasteiger charge is -2.21. The number of aliphatic hydroxyl groups excluding tert-OH is 1. The highest BCUT2D eigenvalue weighted by Gasteiger charge is 2.05. The number of nitrogens with zero attached hydrogens (tertiary/aromatic N) is 1. The van der Waals surface area contributed by atoms with Crippen LogP contribution in [0.1, 0.15) is 32.3 Å². The molecule has 1 aromatic rings. The number of benzene rings is 1. The fourth-order valence-corrected chi connectivity index (χ4v) is 1.71. The Balaban J connectivity index is 2.79. The van der Waals surface area contributed by atoms with Gasteiger partial charge in [0, 0.05) is 31.3 Å². The van der Waals surface area contributed by atoms with Gasteiger partial charge in [-0.2, -0.15) is 0 Å². The molecule has 1 rings (SSSR count). The molecule has 1 N–H and O–H groups in total. The van der Waals surface area contributed by atoms with E-state index in [-0.39, 0.29) is 12.5 Å². The quantitative estimate of drug-likeness (QED) is 0.802. The van der Waals surface area contributed by atoms with Gasteiger partial charge in [-0.1, -0.05) is 19.1 Å². The van der Waals surface area contributed by atoms with E-state index in [1.807, 2.05) is 6.92 Å². The molecule has 0 aliphatic rings. The van der Waals surface area contributed by atoms with E-state index in [2.05, 4.69) is 43.0 Å². The lowest BCUT2D eigenvalue weighted by Crippen LogP contribution is -2.21. The van der Waals surface area contributed by atoms with Gasteiger partial charge >= 0.3 is 0 Å². The van der Waals surface area contributed by atoms with Crippen LogP contribution in [0.3, 0.4) is 0 Å². The van der Waals surface area contributed by atoms with E-state index in [0.29, 0.717) is 0 Å². The number of anilines is 1. The maximum absolute atomic E-state index is 9.05. The summed E-state index contributed by atoms with van der Waals surface area (Å²) in [5.74, 6) is 0.232. The molecule has 1 unspecified atom stereocenters. The first kappa shape index (κ1) is 12.1. The van der Waals surface area contributed by atoms with Gasteiger partial charge in [0.05, 0.1) is 0 Å². The lowest BCUT2D eigenvalue weighted by molar-refractivity contribution is 0.273. The third kappa shape index (κ3) is 2.96. The highest BCUT2D eigenvalue weighted by atomic mass is 16.3. The van der Waals surface area contributed by atoms with Crippen molar-refractivity contribution >= 4 is 5.69 Å². The van der Waals surface area contributed by atoms with Gasteiger partial charge in [0.25, 0.3) is 0 Å². The first-order valence-corrected chi connectivity index (χ1v) is 5.68. The summed E-state index contributed by atoms with van der Waals surface area (Å²) in [5.41, 5.74) is 2.46. The van der Waals surface area contributed by atoms with E-state index in [1.54, 1.807) is 0 Å². The Hall–Kier alpha value is -1.02. The van der Waals surface area contributed by atoms with E-state index in [4.69, 9.17) is 5.11 Å². The number of aliphatic hydroxyl groups is 1. The van der Waals surface area contributed by atoms with Gasteiger partial charge in [-0.3, -0.25) is 0 Å². The Kier molecular flexibility index (Phi) is 4.63. The molecule has 2 heteroatoms. The molecule has 15 heavy (non-hydrogen) atoms. The molecule has 0 heterocycles. The molecule has 2 nitrogen and oxygen atoms in total. The molecule has 0 saturated carbocycles. The standard InChI is InChI=1S/C13H21NO/c1-4-14(5-2)13-8-6-12(7-9-13)11(3)10-15/h6-9,11,15H,4-5,10H2,1-3H3. The number of hydrogen-bond acceptors (Lipinski definition) is 2. The summed E-state index contributed by atoms with van der Waals surface area (Å²) in [6.45, 7) is 8.63. The maximum Gasteiger partial charge on any atom is 0.0497 e. The third-order valence-electron chi connectivity index (χ3n) is 2.86. The van der Waals surface area contributed by atoms with Crippen LogP contribution in [0.25, 0.3) is 0 Å². The molecular formula is C13H21NO. The fourth-order valence-electron chi connectivity index (χ4n) is 1.71. The molecule has 1 aromatic carbocycles. The third-order valence-corrected chi connectivity index (χ3v) is 2.86. The Labute approximate surface area is 92.5 Å². The summed E-state index contributed by atoms with van der Waals surface area (Å²) < 4.78 is 0. The van der Waals surface area contributed by atoms with Crippen LogP contribution in [-0.2, 0) is 0 Å². The number of hydrogen-bond donors (Lipinski definition) is 1. The van der Waals surface area contributed by atoms with Gasteiger partial charge in [0.1, 0.15) is 0 Å². The zero-order valence-electron chi connectivity index (χ0n) is 9.90. The zero-order valence-corrected chi connectivity index (χ0v) is 9.90. The van der Waals surface area contributed by atoms with Crippen LogP contribution >= 0.6 is 0 Å². The van der Waals surface area contributed by atoms with Crippen molar-refractivity contribution in [2.24, 2.45) is 0 Å². The van der Waals surface area contributed by atoms with Crippen molar-refractivity contribution in [3.05, 3.63) is 29.8 Å². The Morgan fingerprint density at radius 2 is 1.67 bits per heavy atom. The van der Waals surface area contributed by atoms with Crippen molar-refractivity contribution in [1.29, 1.82) is 0 Å². The van der Waals surface area contributed by atoms with Gasteiger partial charge < -0.3 is 10.0 Å². The van der Waals surface area contributed by atoms with Gasteiger partial charge in [-0.15, -0.1) is 0 Å². The summed E-state index contributed by atoms with van der Waals surface area (Å²) in [6.07, 6.45) is 0. The minimum atomic E-state index is 0.213. The first-order chi connectivity index (χ1) is 7.22. The van der Waals surface area contributed by atoms with Crippen LogP contribution < -0.4 is 4.90 Å². The van der Waals surface area contributed by atoms with E-state index < -0.39 is 0 Å². The second-order valence-corrected chi connectivity index (χ2v) is 3.85. The van der Waals surface area contributed by atoms with Gasteiger partial charge in [0.2, 0.25) is 0 Å². The zero-order chi connectivity index (χ0) is 11.3. The smallest absolute Gasteiger partial charge is 0.0497 e. The van der Waals surface area contributed by atoms with Gasteiger partial charge in [0.15, 0.2) is 0 Å². The molecule has 84 valence electrons. The highest BCUT2D eigenvalue weighted by Crippen LogP contribution is 2.19. The van der Waals surface area contributed by atoms with Crippen LogP contribution in [0, 0.1) is 0 Å². The molecule has 0 saturated heterocycles. The predicted molar refractivity (Wildman–Crippen MR) is 65.5 cm³/mol. The SMILES string of the molecule is CCN(CC)c1ccc(C(C)CO)cc1. The van der Waals surface area contributed by atoms with E-state index in [9.17, 15) is 0 Å². The molecule has 0 aliphatic heterocycles. The molecular weight excluding hydrogens is 186 g/mol. The summed E-state index contributed by atoms with van der Waals surface area (Å²) in [6, 6.07) is 8.48. The van der Waals surface area contributed by atoms with Crippen molar-refractivity contribution in [3.8, 4) is 0 Å². The molecule has 0 aliphatic carbocycles. The van der Waals surface area contributed by atoms with Crippen LogP contribution in [0.4, 0.5) is 5.69 Å². The van der Waals surface area contributed by atoms with Crippen molar-refractivity contribution in [2.45, 2.75) is 26.7 Å². The molecule has 0 spiro atoms. The molecule has 0 radical (unpaired) electrons. The van der Waals surface area contributed by atoms with Crippen molar-refractivity contribution < 1.29 is 5.11 Å². The lowest BCUT2D eigenvalue weighted by atomic mass is 10.0. The van der Waals surface area contributed by atoms with Crippen molar-refractivity contribution in [3.63, 3.8) is 0 Å². The average molecular weight is 207 g/mol. The summed E-state index contributed by atoms with van der Waals surface area (Å²) in [7, 11) is 0. The second-order valence-electron chi connectivity index (χ2n) is 3.85. The van der Waals surface area contributed by atoms with E-state index in [1.165, 1.54) is 11.3 Å². The normalized spacial score (nSPS) is 12.5. The second kappa shape index (κ2) is 5.76. The first-order valence-electron chi connectivity index (χ1n) is 5.68. The van der Waals surface area contributed by atoms with Gasteiger partial charge in [-0.05, 0) is 31.5 Å². The Morgan fingerprint density at radius 3 is 2.07 bits per heavy atom. The summed E-state index contributed by atoms with van der Waals surface area (Å²) in [4.78, 5) is 2.31. The van der Waals surface area contributed by atoms with Crippen LogP contribution in [0.15, 0.2) is 24.3 Å². The number of rotatable bonds is 5. The van der Waals surface area contributed by atoms with Crippen LogP contribution in [0.5, 0.6) is 0 Å². The minimum absolute atomic E-state index is 0.213. The predicted octanol–water partition coefficient (Wildman–Crippen LogP) is 2.63. The van der Waals surface area contributed by atoms with Gasteiger partial charge in [-0.25, -0.2) is 0 Å². The van der Waals surface area contributed by atoms with Crippen molar-refractivity contribution in [2.75, 3.05) is 24.6 Å². The molecule has 0 aromatic heterocycles. The Morgan fingerprint density at radius 1 is 1.13 bits per heavy atom. The fraction of sp³-hybridized carbons (Fsp3) is 0.538. The molecule has 1 atom stereocenters. The van der Waals surface area contributed by atoms with Crippen LogP contribution in [0.2, 0.25) is 0 Å². The monoisotopic (exact) mass is 207 g/mol. The summed E-state index contributed by atoms with van der Waals surface area (Å²) in [5, 5.41) is 9.05. The molecule has 0 amide bonds. The van der Waals surface area contributed by atoms with Crippen molar-refractivity contribution in [1.82, 2.24) is 0 Å².